The topological polar surface area (TPSA) is 64.3 Å². The van der Waals surface area contributed by atoms with E-state index >= 15 is 0 Å². The number of ether oxygens (including phenoxy) is 1. The lowest BCUT2D eigenvalue weighted by Crippen LogP contribution is -2.18. The zero-order valence-electron chi connectivity index (χ0n) is 16.2. The lowest BCUT2D eigenvalue weighted by atomic mass is 10.1. The highest BCUT2D eigenvalue weighted by Gasteiger charge is 2.14. The minimum Gasteiger partial charge on any atom is -0.481 e. The second kappa shape index (κ2) is 7.78. The molecule has 6 heteroatoms. The highest BCUT2D eigenvalue weighted by Crippen LogP contribution is 2.25. The van der Waals surface area contributed by atoms with Gasteiger partial charge in [0, 0.05) is 23.1 Å². The third-order valence-electron chi connectivity index (χ3n) is 4.54. The molecule has 142 valence electrons. The molecule has 0 fully saturated rings. The molecule has 0 N–H and O–H groups in total. The molecule has 0 spiro atoms. The Morgan fingerprint density at radius 3 is 2.61 bits per heavy atom. The van der Waals surface area contributed by atoms with Crippen molar-refractivity contribution in [3.63, 3.8) is 0 Å². The van der Waals surface area contributed by atoms with Gasteiger partial charge in [-0.15, -0.1) is 10.2 Å². The van der Waals surface area contributed by atoms with Crippen LogP contribution in [-0.2, 0) is 13.1 Å². The van der Waals surface area contributed by atoms with Crippen LogP contribution in [-0.4, -0.2) is 34.2 Å². The van der Waals surface area contributed by atoms with Crippen LogP contribution in [0.5, 0.6) is 5.88 Å². The van der Waals surface area contributed by atoms with Gasteiger partial charge in [0.15, 0.2) is 0 Å². The number of benzene rings is 2. The summed E-state index contributed by atoms with van der Waals surface area (Å²) in [5, 5.41) is 9.42. The molecule has 4 rings (SSSR count). The van der Waals surface area contributed by atoms with E-state index in [-0.39, 0.29) is 0 Å². The summed E-state index contributed by atoms with van der Waals surface area (Å²) in [5.41, 5.74) is 4.05. The van der Waals surface area contributed by atoms with Crippen molar-refractivity contribution in [2.75, 3.05) is 14.2 Å². The van der Waals surface area contributed by atoms with Gasteiger partial charge in [0.2, 0.25) is 17.7 Å². The van der Waals surface area contributed by atoms with Crippen LogP contribution in [0.2, 0.25) is 0 Å². The van der Waals surface area contributed by atoms with E-state index in [1.54, 1.807) is 7.11 Å². The third kappa shape index (κ3) is 3.87. The number of rotatable bonds is 6. The molecule has 0 saturated carbocycles. The average molecular weight is 374 g/mol. The number of aryl methyl sites for hydroxylation is 1. The van der Waals surface area contributed by atoms with Crippen LogP contribution >= 0.6 is 0 Å². The Labute approximate surface area is 163 Å². The maximum Gasteiger partial charge on any atom is 0.247 e. The van der Waals surface area contributed by atoms with Gasteiger partial charge >= 0.3 is 0 Å². The summed E-state index contributed by atoms with van der Waals surface area (Å²) in [5.74, 6) is 1.74. The number of pyridine rings is 1. The summed E-state index contributed by atoms with van der Waals surface area (Å²) < 4.78 is 11.3. The zero-order chi connectivity index (χ0) is 19.5. The van der Waals surface area contributed by atoms with E-state index in [9.17, 15) is 0 Å². The molecule has 0 atom stereocenters. The smallest absolute Gasteiger partial charge is 0.247 e. The van der Waals surface area contributed by atoms with E-state index in [4.69, 9.17) is 9.15 Å². The molecule has 2 heterocycles. The number of methoxy groups -OCH3 is 1. The van der Waals surface area contributed by atoms with Gasteiger partial charge < -0.3 is 9.15 Å². The van der Waals surface area contributed by atoms with Gasteiger partial charge in [-0.3, -0.25) is 4.90 Å². The molecule has 0 aliphatic heterocycles. The van der Waals surface area contributed by atoms with Crippen molar-refractivity contribution in [3.05, 3.63) is 71.6 Å². The van der Waals surface area contributed by atoms with Crippen LogP contribution in [0.1, 0.15) is 17.0 Å². The molecule has 0 aliphatic carbocycles. The quantitative estimate of drug-likeness (QED) is 0.503. The molecule has 0 amide bonds. The highest BCUT2D eigenvalue weighted by molar-refractivity contribution is 5.80. The molecule has 0 unspecified atom stereocenters. The molecule has 2 aromatic carbocycles. The second-order valence-electron chi connectivity index (χ2n) is 6.89. The maximum absolute atomic E-state index is 5.81. The Morgan fingerprint density at radius 2 is 1.82 bits per heavy atom. The van der Waals surface area contributed by atoms with Crippen LogP contribution in [0.15, 0.2) is 59.0 Å². The maximum atomic E-state index is 5.81. The van der Waals surface area contributed by atoms with Gasteiger partial charge in [0.25, 0.3) is 0 Å². The number of aromatic nitrogens is 3. The van der Waals surface area contributed by atoms with Crippen molar-refractivity contribution in [1.82, 2.24) is 20.1 Å². The molecule has 2 aromatic heterocycles. The molecule has 0 aliphatic rings. The van der Waals surface area contributed by atoms with Crippen molar-refractivity contribution < 1.29 is 9.15 Å². The predicted molar refractivity (Wildman–Crippen MR) is 108 cm³/mol. The lowest BCUT2D eigenvalue weighted by molar-refractivity contribution is 0.276. The van der Waals surface area contributed by atoms with Gasteiger partial charge in [0.1, 0.15) is 0 Å². The molecule has 6 nitrogen and oxygen atoms in total. The fraction of sp³-hybridized carbons (Fsp3) is 0.227. The first kappa shape index (κ1) is 18.1. The minimum absolute atomic E-state index is 0.532. The van der Waals surface area contributed by atoms with Crippen LogP contribution in [0, 0.1) is 6.92 Å². The minimum atomic E-state index is 0.532. The van der Waals surface area contributed by atoms with E-state index < -0.39 is 0 Å². The van der Waals surface area contributed by atoms with E-state index in [1.807, 2.05) is 37.4 Å². The Kier molecular flexibility index (Phi) is 5.04. The SMILES string of the molecule is COc1nc2cc(C)ccc2cc1CN(C)Cc1nnc(-c2ccccc2)o1. The second-order valence-corrected chi connectivity index (χ2v) is 6.89. The molecule has 28 heavy (non-hydrogen) atoms. The normalized spacial score (nSPS) is 11.3. The first-order chi connectivity index (χ1) is 13.6. The van der Waals surface area contributed by atoms with E-state index in [0.717, 1.165) is 22.0 Å². The summed E-state index contributed by atoms with van der Waals surface area (Å²) in [6.45, 7) is 3.25. The van der Waals surface area contributed by atoms with Crippen LogP contribution in [0.25, 0.3) is 22.4 Å². The fourth-order valence-electron chi connectivity index (χ4n) is 3.19. The highest BCUT2D eigenvalue weighted by atomic mass is 16.5. The van der Waals surface area contributed by atoms with Gasteiger partial charge in [-0.25, -0.2) is 4.98 Å². The summed E-state index contributed by atoms with van der Waals surface area (Å²) >= 11 is 0. The summed E-state index contributed by atoms with van der Waals surface area (Å²) in [6, 6.07) is 18.1. The van der Waals surface area contributed by atoms with Crippen molar-refractivity contribution in [2.24, 2.45) is 0 Å². The first-order valence-corrected chi connectivity index (χ1v) is 9.13. The Hall–Kier alpha value is -3.25. The monoisotopic (exact) mass is 374 g/mol. The Balaban J connectivity index is 1.51. The Bertz CT molecular complexity index is 1090. The summed E-state index contributed by atoms with van der Waals surface area (Å²) in [7, 11) is 3.66. The van der Waals surface area contributed by atoms with Crippen LogP contribution in [0.3, 0.4) is 0 Å². The van der Waals surface area contributed by atoms with Gasteiger partial charge in [-0.1, -0.05) is 30.3 Å². The summed E-state index contributed by atoms with van der Waals surface area (Å²) in [6.07, 6.45) is 0. The molecule has 4 aromatic rings. The van der Waals surface area contributed by atoms with Gasteiger partial charge in [-0.2, -0.15) is 0 Å². The van der Waals surface area contributed by atoms with E-state index in [1.165, 1.54) is 5.56 Å². The standard InChI is InChI=1S/C22H22N4O2/c1-15-9-10-17-12-18(21(27-3)23-19(17)11-15)13-26(2)14-20-24-25-22(28-20)16-7-5-4-6-8-16/h4-12H,13-14H2,1-3H3. The lowest BCUT2D eigenvalue weighted by Gasteiger charge is -2.16. The van der Waals surface area contributed by atoms with Gasteiger partial charge in [-0.05, 0) is 43.8 Å². The van der Waals surface area contributed by atoms with E-state index in [2.05, 4.69) is 51.3 Å². The van der Waals surface area contributed by atoms with E-state index in [0.29, 0.717) is 30.8 Å². The number of hydrogen-bond donors (Lipinski definition) is 0. The zero-order valence-corrected chi connectivity index (χ0v) is 16.2. The largest absolute Gasteiger partial charge is 0.481 e. The molecule has 0 radical (unpaired) electrons. The number of nitrogens with zero attached hydrogens (tertiary/aromatic N) is 4. The summed E-state index contributed by atoms with van der Waals surface area (Å²) in [4.78, 5) is 6.76. The number of hydrogen-bond acceptors (Lipinski definition) is 6. The first-order valence-electron chi connectivity index (χ1n) is 9.13. The van der Waals surface area contributed by atoms with Gasteiger partial charge in [0.05, 0.1) is 19.2 Å². The van der Waals surface area contributed by atoms with Crippen LogP contribution in [0.4, 0.5) is 0 Å². The molecule has 0 bridgehead atoms. The predicted octanol–water partition coefficient (Wildman–Crippen LogP) is 4.23. The van der Waals surface area contributed by atoms with Crippen molar-refractivity contribution in [3.8, 4) is 17.3 Å². The van der Waals surface area contributed by atoms with Crippen molar-refractivity contribution >= 4 is 10.9 Å². The molecular weight excluding hydrogens is 352 g/mol. The number of fused-ring (bicyclic) bond motifs is 1. The fourth-order valence-corrected chi connectivity index (χ4v) is 3.19. The Morgan fingerprint density at radius 1 is 1.00 bits per heavy atom. The molecule has 0 saturated heterocycles. The van der Waals surface area contributed by atoms with Crippen LogP contribution < -0.4 is 4.74 Å². The van der Waals surface area contributed by atoms with Crippen molar-refractivity contribution in [2.45, 2.75) is 20.0 Å². The molecular formula is C22H22N4O2. The van der Waals surface area contributed by atoms with Crippen molar-refractivity contribution in [1.29, 1.82) is 0 Å². The average Bonchev–Trinajstić information content (AvgIpc) is 3.16. The third-order valence-corrected chi connectivity index (χ3v) is 4.54.